The van der Waals surface area contributed by atoms with Gasteiger partial charge in [0.15, 0.2) is 12.4 Å². The van der Waals surface area contributed by atoms with E-state index in [2.05, 4.69) is 13.8 Å². The smallest absolute Gasteiger partial charge is 0.349 e. The molecular formula is C25H24N2O4. The van der Waals surface area contributed by atoms with E-state index in [9.17, 15) is 19.6 Å². The quantitative estimate of drug-likeness (QED) is 0.291. The van der Waals surface area contributed by atoms with E-state index >= 15 is 0 Å². The molecule has 158 valence electrons. The Balaban J connectivity index is 1.64. The first-order chi connectivity index (χ1) is 14.9. The van der Waals surface area contributed by atoms with Gasteiger partial charge in [-0.15, -0.1) is 0 Å². The SMILES string of the molecule is CC(C)c1ccc(/C=C(\C#N)C(=O)OCC(=O)c2cccc(N3CCCC3=O)c2)cc1. The largest absolute Gasteiger partial charge is 0.453 e. The van der Waals surface area contributed by atoms with Gasteiger partial charge in [-0.25, -0.2) is 4.79 Å². The Morgan fingerprint density at radius 1 is 1.19 bits per heavy atom. The maximum Gasteiger partial charge on any atom is 0.349 e. The molecule has 1 aliphatic rings. The van der Waals surface area contributed by atoms with E-state index < -0.39 is 18.4 Å². The van der Waals surface area contributed by atoms with Crippen LogP contribution in [0.3, 0.4) is 0 Å². The van der Waals surface area contributed by atoms with E-state index in [-0.39, 0.29) is 11.5 Å². The van der Waals surface area contributed by atoms with Crippen molar-refractivity contribution in [2.45, 2.75) is 32.6 Å². The lowest BCUT2D eigenvalue weighted by molar-refractivity contribution is -0.137. The molecule has 0 aliphatic carbocycles. The summed E-state index contributed by atoms with van der Waals surface area (Å²) >= 11 is 0. The monoisotopic (exact) mass is 416 g/mol. The van der Waals surface area contributed by atoms with Crippen LogP contribution in [-0.2, 0) is 14.3 Å². The van der Waals surface area contributed by atoms with Crippen molar-refractivity contribution in [1.29, 1.82) is 5.26 Å². The fraction of sp³-hybridized carbons (Fsp3) is 0.280. The number of ether oxygens (including phenoxy) is 1. The van der Waals surface area contributed by atoms with Gasteiger partial charge in [0.05, 0.1) is 0 Å². The summed E-state index contributed by atoms with van der Waals surface area (Å²) in [5.74, 6) is -0.845. The minimum atomic E-state index is -0.852. The standard InChI is InChI=1S/C25H24N2O4/c1-17(2)19-10-8-18(9-11-19)13-21(15-26)25(30)31-16-23(28)20-5-3-6-22(14-20)27-12-4-7-24(27)29/h3,5-6,8-11,13-14,17H,4,7,12,16H2,1-2H3/b21-13+. The third-order valence-corrected chi connectivity index (χ3v) is 5.14. The third kappa shape index (κ3) is 5.46. The summed E-state index contributed by atoms with van der Waals surface area (Å²) in [6.07, 6.45) is 2.73. The molecule has 1 fully saturated rings. The molecular weight excluding hydrogens is 392 g/mol. The highest BCUT2D eigenvalue weighted by Crippen LogP contribution is 2.22. The number of carbonyl (C=O) groups excluding carboxylic acids is 3. The molecule has 0 atom stereocenters. The van der Waals surface area contributed by atoms with E-state index in [1.54, 1.807) is 29.2 Å². The van der Waals surface area contributed by atoms with Crippen molar-refractivity contribution in [2.24, 2.45) is 0 Å². The summed E-state index contributed by atoms with van der Waals surface area (Å²) in [7, 11) is 0. The van der Waals surface area contributed by atoms with Gasteiger partial charge in [-0.1, -0.05) is 50.2 Å². The molecule has 1 amide bonds. The Morgan fingerprint density at radius 2 is 1.94 bits per heavy atom. The van der Waals surface area contributed by atoms with Crippen molar-refractivity contribution in [1.82, 2.24) is 0 Å². The van der Waals surface area contributed by atoms with Crippen molar-refractivity contribution in [3.8, 4) is 6.07 Å². The number of Topliss-reactive ketones (excluding diaryl/α,β-unsaturated/α-hetero) is 1. The van der Waals surface area contributed by atoms with Crippen molar-refractivity contribution >= 4 is 29.4 Å². The lowest BCUT2D eigenvalue weighted by Gasteiger charge is -2.16. The second-order valence-corrected chi connectivity index (χ2v) is 7.69. The van der Waals surface area contributed by atoms with Crippen LogP contribution in [-0.4, -0.2) is 30.8 Å². The van der Waals surface area contributed by atoms with Crippen LogP contribution < -0.4 is 4.90 Å². The predicted octanol–water partition coefficient (Wildman–Crippen LogP) is 4.27. The zero-order valence-electron chi connectivity index (χ0n) is 17.6. The van der Waals surface area contributed by atoms with Gasteiger partial charge in [0.25, 0.3) is 0 Å². The van der Waals surface area contributed by atoms with E-state index in [4.69, 9.17) is 4.74 Å². The van der Waals surface area contributed by atoms with Gasteiger partial charge in [-0.05, 0) is 41.7 Å². The van der Waals surface area contributed by atoms with Crippen LogP contribution in [0.1, 0.15) is 54.1 Å². The molecule has 1 heterocycles. The van der Waals surface area contributed by atoms with Crippen LogP contribution in [0.2, 0.25) is 0 Å². The number of ketones is 1. The van der Waals surface area contributed by atoms with Crippen LogP contribution in [0, 0.1) is 11.3 Å². The van der Waals surface area contributed by atoms with E-state index in [1.165, 1.54) is 6.08 Å². The van der Waals surface area contributed by atoms with Crippen LogP contribution in [0.25, 0.3) is 6.08 Å². The van der Waals surface area contributed by atoms with E-state index in [0.29, 0.717) is 35.7 Å². The molecule has 0 radical (unpaired) electrons. The van der Waals surface area contributed by atoms with Gasteiger partial charge >= 0.3 is 5.97 Å². The second kappa shape index (κ2) is 9.86. The van der Waals surface area contributed by atoms with E-state index in [0.717, 1.165) is 12.0 Å². The van der Waals surface area contributed by atoms with Gasteiger partial charge < -0.3 is 9.64 Å². The Bertz CT molecular complexity index is 1060. The summed E-state index contributed by atoms with van der Waals surface area (Å²) in [5.41, 5.74) is 2.68. The van der Waals surface area contributed by atoms with E-state index in [1.807, 2.05) is 30.3 Å². The third-order valence-electron chi connectivity index (χ3n) is 5.14. The molecule has 6 heteroatoms. The topological polar surface area (TPSA) is 87.5 Å². The Hall–Kier alpha value is -3.72. The summed E-state index contributed by atoms with van der Waals surface area (Å²) in [6.45, 7) is 4.30. The fourth-order valence-electron chi connectivity index (χ4n) is 3.34. The average molecular weight is 416 g/mol. The molecule has 0 N–H and O–H groups in total. The number of anilines is 1. The van der Waals surface area contributed by atoms with Gasteiger partial charge in [-0.2, -0.15) is 5.26 Å². The van der Waals surface area contributed by atoms with Crippen molar-refractivity contribution in [3.05, 3.63) is 70.8 Å². The molecule has 0 bridgehead atoms. The molecule has 1 saturated heterocycles. The molecule has 3 rings (SSSR count). The number of benzene rings is 2. The Labute approximate surface area is 181 Å². The molecule has 31 heavy (non-hydrogen) atoms. The van der Waals surface area contributed by atoms with Gasteiger partial charge in [0, 0.05) is 24.2 Å². The average Bonchev–Trinajstić information content (AvgIpc) is 3.21. The maximum absolute atomic E-state index is 12.5. The van der Waals surface area contributed by atoms with Gasteiger partial charge in [0.2, 0.25) is 5.91 Å². The minimum absolute atomic E-state index is 0.0289. The van der Waals surface area contributed by atoms with Crippen LogP contribution in [0.5, 0.6) is 0 Å². The van der Waals surface area contributed by atoms with Crippen molar-refractivity contribution in [3.63, 3.8) is 0 Å². The molecule has 2 aromatic carbocycles. The Morgan fingerprint density at radius 3 is 2.55 bits per heavy atom. The van der Waals surface area contributed by atoms with Gasteiger partial charge in [0.1, 0.15) is 11.6 Å². The number of nitriles is 1. The maximum atomic E-state index is 12.5. The summed E-state index contributed by atoms with van der Waals surface area (Å²) in [6, 6.07) is 16.1. The second-order valence-electron chi connectivity index (χ2n) is 7.69. The lowest BCUT2D eigenvalue weighted by atomic mass is 10.0. The lowest BCUT2D eigenvalue weighted by Crippen LogP contribution is -2.24. The van der Waals surface area contributed by atoms with Crippen molar-refractivity contribution in [2.75, 3.05) is 18.1 Å². The highest BCUT2D eigenvalue weighted by molar-refractivity contribution is 6.03. The predicted molar refractivity (Wildman–Crippen MR) is 117 cm³/mol. The number of hydrogen-bond donors (Lipinski definition) is 0. The minimum Gasteiger partial charge on any atom is -0.453 e. The molecule has 2 aromatic rings. The zero-order chi connectivity index (χ0) is 22.4. The molecule has 0 aromatic heterocycles. The number of hydrogen-bond acceptors (Lipinski definition) is 5. The molecule has 6 nitrogen and oxygen atoms in total. The summed E-state index contributed by atoms with van der Waals surface area (Å²) < 4.78 is 5.07. The van der Waals surface area contributed by atoms with Gasteiger partial charge in [-0.3, -0.25) is 9.59 Å². The number of amides is 1. The molecule has 0 unspecified atom stereocenters. The molecule has 0 spiro atoms. The first-order valence-corrected chi connectivity index (χ1v) is 10.2. The number of esters is 1. The number of rotatable bonds is 7. The summed E-state index contributed by atoms with van der Waals surface area (Å²) in [5, 5.41) is 9.32. The summed E-state index contributed by atoms with van der Waals surface area (Å²) in [4.78, 5) is 38.3. The molecule has 1 aliphatic heterocycles. The highest BCUT2D eigenvalue weighted by Gasteiger charge is 2.22. The Kier molecular flexibility index (Phi) is 6.99. The highest BCUT2D eigenvalue weighted by atomic mass is 16.5. The number of nitrogens with zero attached hydrogens (tertiary/aromatic N) is 2. The van der Waals surface area contributed by atoms with Crippen LogP contribution in [0.15, 0.2) is 54.1 Å². The van der Waals surface area contributed by atoms with Crippen LogP contribution in [0.4, 0.5) is 5.69 Å². The van der Waals surface area contributed by atoms with Crippen molar-refractivity contribution < 1.29 is 19.1 Å². The van der Waals surface area contributed by atoms with Crippen LogP contribution >= 0.6 is 0 Å². The fourth-order valence-corrected chi connectivity index (χ4v) is 3.34. The zero-order valence-corrected chi connectivity index (χ0v) is 17.6. The first kappa shape index (κ1) is 22.0. The number of carbonyl (C=O) groups is 3. The first-order valence-electron chi connectivity index (χ1n) is 10.2. The molecule has 0 saturated carbocycles. The normalized spacial score (nSPS) is 13.9.